The Morgan fingerprint density at radius 1 is 0.952 bits per heavy atom. The highest BCUT2D eigenvalue weighted by molar-refractivity contribution is 5.75. The van der Waals surface area contributed by atoms with Crippen LogP contribution in [0.4, 0.5) is 0 Å². The van der Waals surface area contributed by atoms with Gasteiger partial charge in [-0.3, -0.25) is 4.79 Å². The topological polar surface area (TPSA) is 35.5 Å². The van der Waals surface area contributed by atoms with Crippen molar-refractivity contribution in [2.45, 2.75) is 26.7 Å². The number of esters is 1. The number of ether oxygens (including phenoxy) is 2. The van der Waals surface area contributed by atoms with Crippen LogP contribution < -0.4 is 9.47 Å². The number of benzene rings is 2. The Hall–Kier alpha value is -2.29. The number of hydrogen-bond acceptors (Lipinski definition) is 3. The second-order valence-electron chi connectivity index (χ2n) is 4.96. The Bertz CT molecular complexity index is 570. The molecule has 0 saturated carbocycles. The molecule has 0 amide bonds. The maximum atomic E-state index is 11.9. The zero-order valence-corrected chi connectivity index (χ0v) is 12.5. The normalized spacial score (nSPS) is 10.2. The van der Waals surface area contributed by atoms with E-state index in [9.17, 15) is 4.79 Å². The van der Waals surface area contributed by atoms with Crippen molar-refractivity contribution in [1.29, 1.82) is 0 Å². The second kappa shape index (κ2) is 7.48. The summed E-state index contributed by atoms with van der Waals surface area (Å²) in [5.74, 6) is 1.06. The molecule has 0 aliphatic carbocycles. The SMILES string of the molecule is CCCOc1ccc(OC(=O)Cc2ccc(C)cc2)cc1. The lowest BCUT2D eigenvalue weighted by molar-refractivity contribution is -0.133. The molecule has 0 saturated heterocycles. The molecule has 3 heteroatoms. The van der Waals surface area contributed by atoms with Gasteiger partial charge in [0.15, 0.2) is 0 Å². The molecule has 0 heterocycles. The smallest absolute Gasteiger partial charge is 0.315 e. The van der Waals surface area contributed by atoms with E-state index in [1.807, 2.05) is 43.3 Å². The molecule has 0 N–H and O–H groups in total. The second-order valence-corrected chi connectivity index (χ2v) is 4.96. The molecule has 2 rings (SSSR count). The highest BCUT2D eigenvalue weighted by atomic mass is 16.5. The first-order chi connectivity index (χ1) is 10.2. The molecule has 0 aromatic heterocycles. The summed E-state index contributed by atoms with van der Waals surface area (Å²) < 4.78 is 10.8. The molecule has 0 spiro atoms. The average Bonchev–Trinajstić information content (AvgIpc) is 2.49. The van der Waals surface area contributed by atoms with E-state index in [-0.39, 0.29) is 12.4 Å². The highest BCUT2D eigenvalue weighted by Crippen LogP contribution is 2.18. The van der Waals surface area contributed by atoms with Gasteiger partial charge in [0, 0.05) is 0 Å². The van der Waals surface area contributed by atoms with Crippen LogP contribution >= 0.6 is 0 Å². The molecular weight excluding hydrogens is 264 g/mol. The maximum absolute atomic E-state index is 11.9. The lowest BCUT2D eigenvalue weighted by Crippen LogP contribution is -2.11. The van der Waals surface area contributed by atoms with Gasteiger partial charge in [-0.2, -0.15) is 0 Å². The summed E-state index contributed by atoms with van der Waals surface area (Å²) in [5, 5.41) is 0. The molecule has 2 aromatic rings. The molecule has 0 bridgehead atoms. The van der Waals surface area contributed by atoms with Crippen LogP contribution in [0.5, 0.6) is 11.5 Å². The Kier molecular flexibility index (Phi) is 5.38. The van der Waals surface area contributed by atoms with Crippen molar-refractivity contribution in [3.63, 3.8) is 0 Å². The zero-order chi connectivity index (χ0) is 15.1. The summed E-state index contributed by atoms with van der Waals surface area (Å²) in [5.41, 5.74) is 2.13. The summed E-state index contributed by atoms with van der Waals surface area (Å²) in [6.45, 7) is 4.76. The molecular formula is C18H20O3. The predicted molar refractivity (Wildman–Crippen MR) is 82.7 cm³/mol. The number of carbonyl (C=O) groups is 1. The molecule has 0 unspecified atom stereocenters. The van der Waals surface area contributed by atoms with Gasteiger partial charge in [0.25, 0.3) is 0 Å². The fraction of sp³-hybridized carbons (Fsp3) is 0.278. The van der Waals surface area contributed by atoms with Crippen LogP contribution in [0.1, 0.15) is 24.5 Å². The third kappa shape index (κ3) is 4.95. The minimum absolute atomic E-state index is 0.263. The minimum Gasteiger partial charge on any atom is -0.494 e. The molecule has 110 valence electrons. The van der Waals surface area contributed by atoms with Gasteiger partial charge in [-0.1, -0.05) is 36.8 Å². The monoisotopic (exact) mass is 284 g/mol. The summed E-state index contributed by atoms with van der Waals surface area (Å²) in [6.07, 6.45) is 1.24. The largest absolute Gasteiger partial charge is 0.494 e. The average molecular weight is 284 g/mol. The van der Waals surface area contributed by atoms with Gasteiger partial charge in [-0.25, -0.2) is 0 Å². The third-order valence-corrected chi connectivity index (χ3v) is 3.00. The molecule has 0 aliphatic heterocycles. The Morgan fingerprint density at radius 2 is 1.57 bits per heavy atom. The van der Waals surface area contributed by atoms with Gasteiger partial charge in [0.2, 0.25) is 0 Å². The first-order valence-electron chi connectivity index (χ1n) is 7.16. The van der Waals surface area contributed by atoms with Crippen molar-refractivity contribution in [3.05, 3.63) is 59.7 Å². The molecule has 0 radical (unpaired) electrons. The van der Waals surface area contributed by atoms with Crippen LogP contribution in [0.3, 0.4) is 0 Å². The fourth-order valence-corrected chi connectivity index (χ4v) is 1.86. The lowest BCUT2D eigenvalue weighted by Gasteiger charge is -2.07. The zero-order valence-electron chi connectivity index (χ0n) is 12.5. The lowest BCUT2D eigenvalue weighted by atomic mass is 10.1. The summed E-state index contributed by atoms with van der Waals surface area (Å²) >= 11 is 0. The number of hydrogen-bond donors (Lipinski definition) is 0. The van der Waals surface area contributed by atoms with E-state index < -0.39 is 0 Å². The van der Waals surface area contributed by atoms with Gasteiger partial charge < -0.3 is 9.47 Å². The number of rotatable bonds is 6. The van der Waals surface area contributed by atoms with E-state index in [2.05, 4.69) is 6.92 Å². The molecule has 2 aromatic carbocycles. The van der Waals surface area contributed by atoms with Crippen LogP contribution in [0.25, 0.3) is 0 Å². The summed E-state index contributed by atoms with van der Waals surface area (Å²) in [6, 6.07) is 15.0. The van der Waals surface area contributed by atoms with Gasteiger partial charge in [0.05, 0.1) is 13.0 Å². The molecule has 0 fully saturated rings. The van der Waals surface area contributed by atoms with Crippen molar-refractivity contribution in [2.24, 2.45) is 0 Å². The van der Waals surface area contributed by atoms with Crippen LogP contribution in [0.2, 0.25) is 0 Å². The van der Waals surface area contributed by atoms with Crippen molar-refractivity contribution in [3.8, 4) is 11.5 Å². The quantitative estimate of drug-likeness (QED) is 0.595. The van der Waals surface area contributed by atoms with Gasteiger partial charge in [-0.15, -0.1) is 0 Å². The summed E-state index contributed by atoms with van der Waals surface area (Å²) in [4.78, 5) is 11.9. The van der Waals surface area contributed by atoms with Crippen molar-refractivity contribution in [2.75, 3.05) is 6.61 Å². The van der Waals surface area contributed by atoms with Crippen LogP contribution in [-0.4, -0.2) is 12.6 Å². The van der Waals surface area contributed by atoms with E-state index in [1.165, 1.54) is 5.56 Å². The van der Waals surface area contributed by atoms with Crippen LogP contribution in [0.15, 0.2) is 48.5 Å². The highest BCUT2D eigenvalue weighted by Gasteiger charge is 2.06. The third-order valence-electron chi connectivity index (χ3n) is 3.00. The van der Waals surface area contributed by atoms with E-state index in [0.717, 1.165) is 17.7 Å². The van der Waals surface area contributed by atoms with Crippen molar-refractivity contribution in [1.82, 2.24) is 0 Å². The van der Waals surface area contributed by atoms with E-state index in [1.54, 1.807) is 12.1 Å². The van der Waals surface area contributed by atoms with Crippen LogP contribution in [-0.2, 0) is 11.2 Å². The first-order valence-corrected chi connectivity index (χ1v) is 7.16. The number of carbonyl (C=O) groups excluding carboxylic acids is 1. The number of aryl methyl sites for hydroxylation is 1. The first kappa shape index (κ1) is 15.1. The van der Waals surface area contributed by atoms with Gasteiger partial charge in [-0.05, 0) is 43.2 Å². The standard InChI is InChI=1S/C18H20O3/c1-3-12-20-16-8-10-17(11-9-16)21-18(19)13-15-6-4-14(2)5-7-15/h4-11H,3,12-13H2,1-2H3. The minimum atomic E-state index is -0.263. The predicted octanol–water partition coefficient (Wildman–Crippen LogP) is 3.93. The summed E-state index contributed by atoms with van der Waals surface area (Å²) in [7, 11) is 0. The van der Waals surface area contributed by atoms with Gasteiger partial charge in [0.1, 0.15) is 11.5 Å². The molecule has 0 aliphatic rings. The Labute approximate surface area is 125 Å². The Morgan fingerprint density at radius 3 is 2.19 bits per heavy atom. The van der Waals surface area contributed by atoms with Crippen LogP contribution in [0, 0.1) is 6.92 Å². The van der Waals surface area contributed by atoms with Crippen molar-refractivity contribution >= 4 is 5.97 Å². The molecule has 3 nitrogen and oxygen atoms in total. The van der Waals surface area contributed by atoms with Gasteiger partial charge >= 0.3 is 5.97 Å². The Balaban J connectivity index is 1.88. The van der Waals surface area contributed by atoms with E-state index in [0.29, 0.717) is 12.4 Å². The molecule has 21 heavy (non-hydrogen) atoms. The maximum Gasteiger partial charge on any atom is 0.315 e. The molecule has 0 atom stereocenters. The van der Waals surface area contributed by atoms with E-state index in [4.69, 9.17) is 9.47 Å². The van der Waals surface area contributed by atoms with Crippen molar-refractivity contribution < 1.29 is 14.3 Å². The fourth-order valence-electron chi connectivity index (χ4n) is 1.86. The van der Waals surface area contributed by atoms with E-state index >= 15 is 0 Å².